The molecule has 3 rings (SSSR count). The van der Waals surface area contributed by atoms with Crippen molar-refractivity contribution in [1.29, 1.82) is 0 Å². The summed E-state index contributed by atoms with van der Waals surface area (Å²) >= 11 is 0. The monoisotopic (exact) mass is 330 g/mol. The Bertz CT molecular complexity index is 512. The SMILES string of the molecule is CC1CCCCC1NC(=O)N1CCC(OCc2ccccc2)CC1. The van der Waals surface area contributed by atoms with Crippen LogP contribution in [0.15, 0.2) is 30.3 Å². The lowest BCUT2D eigenvalue weighted by Gasteiger charge is -2.35. The molecule has 1 aromatic carbocycles. The molecule has 24 heavy (non-hydrogen) atoms. The van der Waals surface area contributed by atoms with Crippen molar-refractivity contribution in [3.05, 3.63) is 35.9 Å². The molecule has 0 aromatic heterocycles. The topological polar surface area (TPSA) is 41.6 Å². The molecule has 0 bridgehead atoms. The van der Waals surface area contributed by atoms with Crippen LogP contribution in [0.25, 0.3) is 0 Å². The number of hydrogen-bond acceptors (Lipinski definition) is 2. The van der Waals surface area contributed by atoms with Crippen molar-refractivity contribution in [1.82, 2.24) is 10.2 Å². The summed E-state index contributed by atoms with van der Waals surface area (Å²) in [5.74, 6) is 0.606. The van der Waals surface area contributed by atoms with Gasteiger partial charge in [0.25, 0.3) is 0 Å². The highest BCUT2D eigenvalue weighted by atomic mass is 16.5. The standard InChI is InChI=1S/C20H30N2O2/c1-16-7-5-6-10-19(16)21-20(23)22-13-11-18(12-14-22)24-15-17-8-3-2-4-9-17/h2-4,8-9,16,18-19H,5-7,10-15H2,1H3,(H,21,23). The molecule has 2 fully saturated rings. The van der Waals surface area contributed by atoms with E-state index in [0.717, 1.165) is 32.4 Å². The van der Waals surface area contributed by atoms with Gasteiger partial charge in [-0.2, -0.15) is 0 Å². The predicted molar refractivity (Wildman–Crippen MR) is 95.8 cm³/mol. The predicted octanol–water partition coefficient (Wildman–Crippen LogP) is 3.96. The fourth-order valence-corrected chi connectivity index (χ4v) is 3.79. The summed E-state index contributed by atoms with van der Waals surface area (Å²) < 4.78 is 6.01. The number of carbonyl (C=O) groups is 1. The molecule has 1 saturated carbocycles. The lowest BCUT2D eigenvalue weighted by Crippen LogP contribution is -2.50. The van der Waals surface area contributed by atoms with E-state index in [9.17, 15) is 4.79 Å². The summed E-state index contributed by atoms with van der Waals surface area (Å²) in [6.07, 6.45) is 7.04. The summed E-state index contributed by atoms with van der Waals surface area (Å²) in [7, 11) is 0. The second-order valence-corrected chi connectivity index (χ2v) is 7.30. The first-order chi connectivity index (χ1) is 11.7. The molecule has 4 heteroatoms. The zero-order valence-corrected chi connectivity index (χ0v) is 14.7. The largest absolute Gasteiger partial charge is 0.373 e. The highest BCUT2D eigenvalue weighted by Crippen LogP contribution is 2.24. The molecule has 1 aliphatic carbocycles. The van der Waals surface area contributed by atoms with Gasteiger partial charge >= 0.3 is 6.03 Å². The smallest absolute Gasteiger partial charge is 0.317 e. The van der Waals surface area contributed by atoms with Crippen LogP contribution < -0.4 is 5.32 Å². The van der Waals surface area contributed by atoms with Gasteiger partial charge in [0.1, 0.15) is 0 Å². The van der Waals surface area contributed by atoms with Gasteiger partial charge < -0.3 is 15.0 Å². The van der Waals surface area contributed by atoms with Crippen LogP contribution in [-0.2, 0) is 11.3 Å². The van der Waals surface area contributed by atoms with Crippen molar-refractivity contribution in [2.75, 3.05) is 13.1 Å². The van der Waals surface area contributed by atoms with E-state index in [1.807, 2.05) is 23.1 Å². The normalized spacial score (nSPS) is 25.5. The van der Waals surface area contributed by atoms with E-state index in [1.165, 1.54) is 24.8 Å². The number of benzene rings is 1. The molecule has 2 aliphatic rings. The molecule has 2 amide bonds. The Morgan fingerprint density at radius 3 is 2.54 bits per heavy atom. The molecular weight excluding hydrogens is 300 g/mol. The van der Waals surface area contributed by atoms with Crippen molar-refractivity contribution < 1.29 is 9.53 Å². The Morgan fingerprint density at radius 2 is 1.83 bits per heavy atom. The van der Waals surface area contributed by atoms with Crippen LogP contribution >= 0.6 is 0 Å². The molecule has 4 nitrogen and oxygen atoms in total. The maximum Gasteiger partial charge on any atom is 0.317 e. The quantitative estimate of drug-likeness (QED) is 0.908. The van der Waals surface area contributed by atoms with Gasteiger partial charge in [-0.3, -0.25) is 0 Å². The second-order valence-electron chi connectivity index (χ2n) is 7.30. The van der Waals surface area contributed by atoms with E-state index in [1.54, 1.807) is 0 Å². The van der Waals surface area contributed by atoms with Gasteiger partial charge in [-0.25, -0.2) is 4.79 Å². The number of hydrogen-bond donors (Lipinski definition) is 1. The summed E-state index contributed by atoms with van der Waals surface area (Å²) in [6.45, 7) is 4.52. The maximum absolute atomic E-state index is 12.5. The fourth-order valence-electron chi connectivity index (χ4n) is 3.79. The number of nitrogens with one attached hydrogen (secondary N) is 1. The van der Waals surface area contributed by atoms with Gasteiger partial charge in [-0.15, -0.1) is 0 Å². The molecule has 132 valence electrons. The molecule has 1 saturated heterocycles. The van der Waals surface area contributed by atoms with Crippen LogP contribution in [0.5, 0.6) is 0 Å². The number of nitrogens with zero attached hydrogens (tertiary/aromatic N) is 1. The van der Waals surface area contributed by atoms with Gasteiger partial charge in [-0.05, 0) is 37.2 Å². The van der Waals surface area contributed by atoms with Gasteiger partial charge in [0.05, 0.1) is 12.7 Å². The number of carbonyl (C=O) groups excluding carboxylic acids is 1. The Morgan fingerprint density at radius 1 is 1.12 bits per heavy atom. The van der Waals surface area contributed by atoms with Crippen molar-refractivity contribution >= 4 is 6.03 Å². The Hall–Kier alpha value is -1.55. The van der Waals surface area contributed by atoms with Crippen LogP contribution in [0.1, 0.15) is 51.0 Å². The third-order valence-electron chi connectivity index (χ3n) is 5.48. The number of piperidine rings is 1. The van der Waals surface area contributed by atoms with E-state index in [4.69, 9.17) is 4.74 Å². The number of likely N-dealkylation sites (tertiary alicyclic amines) is 1. The van der Waals surface area contributed by atoms with Crippen LogP contribution in [0, 0.1) is 5.92 Å². The zero-order chi connectivity index (χ0) is 16.8. The first kappa shape index (κ1) is 17.3. The van der Waals surface area contributed by atoms with Crippen LogP contribution in [0.4, 0.5) is 4.79 Å². The molecule has 1 heterocycles. The van der Waals surface area contributed by atoms with Crippen LogP contribution in [-0.4, -0.2) is 36.2 Å². The van der Waals surface area contributed by atoms with Gasteiger partial charge in [0, 0.05) is 19.1 Å². The number of ether oxygens (including phenoxy) is 1. The van der Waals surface area contributed by atoms with Crippen LogP contribution in [0.3, 0.4) is 0 Å². The van der Waals surface area contributed by atoms with Crippen molar-refractivity contribution in [3.63, 3.8) is 0 Å². The van der Waals surface area contributed by atoms with Gasteiger partial charge in [0.2, 0.25) is 0 Å². The minimum Gasteiger partial charge on any atom is -0.373 e. The van der Waals surface area contributed by atoms with Crippen molar-refractivity contribution in [2.45, 2.75) is 64.2 Å². The zero-order valence-electron chi connectivity index (χ0n) is 14.7. The number of urea groups is 1. The van der Waals surface area contributed by atoms with E-state index < -0.39 is 0 Å². The number of rotatable bonds is 4. The molecular formula is C20H30N2O2. The lowest BCUT2D eigenvalue weighted by atomic mass is 9.86. The molecule has 1 aromatic rings. The average molecular weight is 330 g/mol. The molecule has 1 N–H and O–H groups in total. The average Bonchev–Trinajstić information content (AvgIpc) is 2.63. The first-order valence-corrected chi connectivity index (χ1v) is 9.43. The first-order valence-electron chi connectivity index (χ1n) is 9.43. The lowest BCUT2D eigenvalue weighted by molar-refractivity contribution is 0.00407. The maximum atomic E-state index is 12.5. The summed E-state index contributed by atoms with van der Waals surface area (Å²) in [6, 6.07) is 10.8. The molecule has 1 aliphatic heterocycles. The summed E-state index contributed by atoms with van der Waals surface area (Å²) in [4.78, 5) is 14.4. The molecule has 0 spiro atoms. The number of amides is 2. The van der Waals surface area contributed by atoms with Crippen molar-refractivity contribution in [2.24, 2.45) is 5.92 Å². The molecule has 2 unspecified atom stereocenters. The second kappa shape index (κ2) is 8.52. The van der Waals surface area contributed by atoms with E-state index in [0.29, 0.717) is 18.6 Å². The minimum absolute atomic E-state index is 0.121. The Labute approximate surface area is 145 Å². The molecule has 0 radical (unpaired) electrons. The van der Waals surface area contributed by atoms with E-state index >= 15 is 0 Å². The van der Waals surface area contributed by atoms with Gasteiger partial charge in [0.15, 0.2) is 0 Å². The summed E-state index contributed by atoms with van der Waals surface area (Å²) in [5, 5.41) is 3.26. The van der Waals surface area contributed by atoms with E-state index in [-0.39, 0.29) is 12.1 Å². The minimum atomic E-state index is 0.121. The van der Waals surface area contributed by atoms with Crippen LogP contribution in [0.2, 0.25) is 0 Å². The highest BCUT2D eigenvalue weighted by molar-refractivity contribution is 5.74. The Balaban J connectivity index is 1.39. The highest BCUT2D eigenvalue weighted by Gasteiger charge is 2.27. The molecule has 2 atom stereocenters. The third kappa shape index (κ3) is 4.73. The fraction of sp³-hybridized carbons (Fsp3) is 0.650. The summed E-state index contributed by atoms with van der Waals surface area (Å²) in [5.41, 5.74) is 1.21. The van der Waals surface area contributed by atoms with Gasteiger partial charge in [-0.1, -0.05) is 50.1 Å². The van der Waals surface area contributed by atoms with Crippen molar-refractivity contribution in [3.8, 4) is 0 Å². The Kier molecular flexibility index (Phi) is 6.13. The third-order valence-corrected chi connectivity index (χ3v) is 5.48. The van der Waals surface area contributed by atoms with E-state index in [2.05, 4.69) is 24.4 Å².